The third-order valence-electron chi connectivity index (χ3n) is 2.88. The lowest BCUT2D eigenvalue weighted by molar-refractivity contribution is -0.144. The highest BCUT2D eigenvalue weighted by Gasteiger charge is 2.26. The van der Waals surface area contributed by atoms with E-state index in [2.05, 4.69) is 5.32 Å². The highest BCUT2D eigenvalue weighted by atomic mass is 32.2. The van der Waals surface area contributed by atoms with Crippen LogP contribution in [-0.4, -0.2) is 45.7 Å². The number of thioether (sulfide) groups is 1. The second-order valence-electron chi connectivity index (χ2n) is 4.38. The van der Waals surface area contributed by atoms with Gasteiger partial charge in [-0.2, -0.15) is 11.8 Å². The van der Waals surface area contributed by atoms with E-state index in [1.54, 1.807) is 0 Å². The molecule has 0 saturated carbocycles. The average Bonchev–Trinajstić information content (AvgIpc) is 2.26. The Balaban J connectivity index is 2.38. The summed E-state index contributed by atoms with van der Waals surface area (Å²) in [6.07, 6.45) is 1.28. The summed E-state index contributed by atoms with van der Waals surface area (Å²) in [5.74, 6) is 0.996. The number of hydrogen-bond donors (Lipinski definition) is 3. The molecular formula is C11H19NO4S. The molecule has 1 saturated heterocycles. The summed E-state index contributed by atoms with van der Waals surface area (Å²) in [4.78, 5) is 22.4. The number of aliphatic hydroxyl groups excluding tert-OH is 1. The van der Waals surface area contributed by atoms with Crippen molar-refractivity contribution in [1.82, 2.24) is 5.32 Å². The van der Waals surface area contributed by atoms with E-state index < -0.39 is 18.1 Å². The molecule has 1 aliphatic heterocycles. The second-order valence-corrected chi connectivity index (χ2v) is 5.61. The summed E-state index contributed by atoms with van der Waals surface area (Å²) in [6, 6.07) is -1.21. The fourth-order valence-corrected chi connectivity index (χ4v) is 3.04. The fourth-order valence-electron chi connectivity index (χ4n) is 1.83. The van der Waals surface area contributed by atoms with Gasteiger partial charge in [-0.25, -0.2) is 4.79 Å². The van der Waals surface area contributed by atoms with Crippen molar-refractivity contribution in [3.8, 4) is 0 Å². The van der Waals surface area contributed by atoms with Crippen molar-refractivity contribution in [2.24, 2.45) is 5.92 Å². The maximum Gasteiger partial charge on any atom is 0.328 e. The third kappa shape index (κ3) is 4.95. The van der Waals surface area contributed by atoms with Crippen LogP contribution in [-0.2, 0) is 9.59 Å². The monoisotopic (exact) mass is 261 g/mol. The van der Waals surface area contributed by atoms with Gasteiger partial charge < -0.3 is 15.5 Å². The lowest BCUT2D eigenvalue weighted by Crippen LogP contribution is -2.48. The Morgan fingerprint density at radius 2 is 2.00 bits per heavy atom. The third-order valence-corrected chi connectivity index (χ3v) is 3.93. The van der Waals surface area contributed by atoms with Crippen molar-refractivity contribution < 1.29 is 19.8 Å². The van der Waals surface area contributed by atoms with Crippen molar-refractivity contribution in [2.75, 3.05) is 11.5 Å². The molecule has 0 bridgehead atoms. The number of amides is 1. The van der Waals surface area contributed by atoms with Crippen LogP contribution in [0.5, 0.6) is 0 Å². The molecule has 1 amide bonds. The normalized spacial score (nSPS) is 20.6. The second kappa shape index (κ2) is 6.86. The van der Waals surface area contributed by atoms with Crippen molar-refractivity contribution in [1.29, 1.82) is 0 Å². The summed E-state index contributed by atoms with van der Waals surface area (Å²) in [6.45, 7) is 1.36. The number of nitrogens with one attached hydrogen (secondary N) is 1. The van der Waals surface area contributed by atoms with Gasteiger partial charge in [0.25, 0.3) is 0 Å². The number of carbonyl (C=O) groups excluding carboxylic acids is 1. The maximum atomic E-state index is 11.6. The van der Waals surface area contributed by atoms with Crippen LogP contribution in [0.25, 0.3) is 0 Å². The van der Waals surface area contributed by atoms with Crippen LogP contribution in [0, 0.1) is 5.92 Å². The number of carboxylic acids is 1. The van der Waals surface area contributed by atoms with Crippen LogP contribution in [0.3, 0.4) is 0 Å². The Kier molecular flexibility index (Phi) is 5.77. The molecule has 0 aromatic carbocycles. The number of carbonyl (C=O) groups is 2. The van der Waals surface area contributed by atoms with Crippen LogP contribution in [0.15, 0.2) is 0 Å². The molecule has 1 aliphatic rings. The molecule has 3 N–H and O–H groups in total. The molecule has 1 fully saturated rings. The molecule has 1 rings (SSSR count). The van der Waals surface area contributed by atoms with Crippen molar-refractivity contribution in [3.05, 3.63) is 0 Å². The Bertz CT molecular complexity index is 277. The topological polar surface area (TPSA) is 86.6 Å². The lowest BCUT2D eigenvalue weighted by Gasteiger charge is -2.22. The first-order valence-electron chi connectivity index (χ1n) is 5.78. The molecule has 2 unspecified atom stereocenters. The molecule has 0 radical (unpaired) electrons. The van der Waals surface area contributed by atoms with Gasteiger partial charge in [0, 0.05) is 6.42 Å². The van der Waals surface area contributed by atoms with Crippen LogP contribution in [0.1, 0.15) is 26.2 Å². The van der Waals surface area contributed by atoms with Gasteiger partial charge in [-0.1, -0.05) is 0 Å². The van der Waals surface area contributed by atoms with Crippen LogP contribution < -0.4 is 5.32 Å². The maximum absolute atomic E-state index is 11.6. The minimum absolute atomic E-state index is 0.282. The van der Waals surface area contributed by atoms with E-state index in [-0.39, 0.29) is 5.91 Å². The Labute approximate surface area is 105 Å². The van der Waals surface area contributed by atoms with Crippen molar-refractivity contribution in [2.45, 2.75) is 38.3 Å². The first-order chi connectivity index (χ1) is 8.00. The van der Waals surface area contributed by atoms with E-state index in [1.165, 1.54) is 6.92 Å². The zero-order valence-corrected chi connectivity index (χ0v) is 10.7. The first-order valence-corrected chi connectivity index (χ1v) is 6.94. The van der Waals surface area contributed by atoms with Crippen molar-refractivity contribution in [3.63, 3.8) is 0 Å². The minimum atomic E-state index is -1.21. The van der Waals surface area contributed by atoms with E-state index in [0.29, 0.717) is 12.3 Å². The standard InChI is InChI=1S/C11H19NO4S/c1-7(13)10(11(15)16)12-9(14)6-8-2-4-17-5-3-8/h7-8,10,13H,2-6H2,1H3,(H,12,14)(H,15,16). The van der Waals surface area contributed by atoms with Gasteiger partial charge in [0.1, 0.15) is 0 Å². The summed E-state index contributed by atoms with van der Waals surface area (Å²) in [5, 5.41) is 20.4. The fraction of sp³-hybridized carbons (Fsp3) is 0.818. The van der Waals surface area contributed by atoms with Crippen LogP contribution >= 0.6 is 11.8 Å². The molecule has 0 aliphatic carbocycles. The van der Waals surface area contributed by atoms with E-state index >= 15 is 0 Å². The predicted molar refractivity (Wildman–Crippen MR) is 65.9 cm³/mol. The summed E-state index contributed by atoms with van der Waals surface area (Å²) < 4.78 is 0. The zero-order chi connectivity index (χ0) is 12.8. The zero-order valence-electron chi connectivity index (χ0n) is 9.89. The van der Waals surface area contributed by atoms with Crippen LogP contribution in [0.2, 0.25) is 0 Å². The highest BCUT2D eigenvalue weighted by molar-refractivity contribution is 7.99. The summed E-state index contributed by atoms with van der Waals surface area (Å²) >= 11 is 1.88. The number of carboxylic acid groups (broad SMARTS) is 1. The molecule has 0 spiro atoms. The molecular weight excluding hydrogens is 242 g/mol. The molecule has 17 heavy (non-hydrogen) atoms. The van der Waals surface area contributed by atoms with E-state index in [1.807, 2.05) is 11.8 Å². The molecule has 5 nitrogen and oxygen atoms in total. The van der Waals surface area contributed by atoms with Gasteiger partial charge in [0.2, 0.25) is 5.91 Å². The summed E-state index contributed by atoms with van der Waals surface area (Å²) in [7, 11) is 0. The van der Waals surface area contributed by atoms with E-state index in [0.717, 1.165) is 24.3 Å². The van der Waals surface area contributed by atoms with Gasteiger partial charge in [-0.3, -0.25) is 4.79 Å². The van der Waals surface area contributed by atoms with Gasteiger partial charge in [-0.15, -0.1) is 0 Å². The number of rotatable bonds is 5. The summed E-state index contributed by atoms with van der Waals surface area (Å²) in [5.41, 5.74) is 0. The number of aliphatic hydroxyl groups is 1. The Hall–Kier alpha value is -0.750. The lowest BCUT2D eigenvalue weighted by atomic mass is 9.98. The molecule has 0 aromatic rings. The molecule has 1 heterocycles. The van der Waals surface area contributed by atoms with E-state index in [4.69, 9.17) is 5.11 Å². The van der Waals surface area contributed by atoms with E-state index in [9.17, 15) is 14.7 Å². The quantitative estimate of drug-likeness (QED) is 0.669. The Morgan fingerprint density at radius 1 is 1.41 bits per heavy atom. The SMILES string of the molecule is CC(O)C(NC(=O)CC1CCSCC1)C(=O)O. The van der Waals surface area contributed by atoms with Gasteiger partial charge >= 0.3 is 5.97 Å². The van der Waals surface area contributed by atoms with Gasteiger partial charge in [0.05, 0.1) is 6.10 Å². The van der Waals surface area contributed by atoms with Crippen molar-refractivity contribution >= 4 is 23.6 Å². The van der Waals surface area contributed by atoms with Gasteiger partial charge in [0.15, 0.2) is 6.04 Å². The van der Waals surface area contributed by atoms with Crippen LogP contribution in [0.4, 0.5) is 0 Å². The average molecular weight is 261 g/mol. The number of hydrogen-bond acceptors (Lipinski definition) is 4. The largest absolute Gasteiger partial charge is 0.480 e. The smallest absolute Gasteiger partial charge is 0.328 e. The van der Waals surface area contributed by atoms with Gasteiger partial charge in [-0.05, 0) is 37.2 Å². The molecule has 2 atom stereocenters. The first kappa shape index (κ1) is 14.3. The highest BCUT2D eigenvalue weighted by Crippen LogP contribution is 2.25. The predicted octanol–water partition coefficient (Wildman–Crippen LogP) is 0.470. The Morgan fingerprint density at radius 3 is 2.47 bits per heavy atom. The number of aliphatic carboxylic acids is 1. The molecule has 98 valence electrons. The molecule has 6 heteroatoms. The molecule has 0 aromatic heterocycles. The minimum Gasteiger partial charge on any atom is -0.480 e.